The molecule has 0 saturated heterocycles. The Morgan fingerprint density at radius 3 is 2.30 bits per heavy atom. The Labute approximate surface area is 63.7 Å². The van der Waals surface area contributed by atoms with E-state index < -0.39 is 0 Å². The highest BCUT2D eigenvalue weighted by atomic mass is 14.0. The van der Waals surface area contributed by atoms with Crippen molar-refractivity contribution in [2.24, 2.45) is 0 Å². The van der Waals surface area contributed by atoms with E-state index in [2.05, 4.69) is 46.0 Å². The van der Waals surface area contributed by atoms with Gasteiger partial charge in [-0.3, -0.25) is 0 Å². The molecule has 0 heterocycles. The monoisotopic (exact) mass is 132 g/mol. The smallest absolute Gasteiger partial charge is 0.0658 e. The molecule has 52 valence electrons. The molecule has 1 aromatic rings. The highest BCUT2D eigenvalue weighted by molar-refractivity contribution is 6.12. The zero-order valence-electron chi connectivity index (χ0n) is 6.89. The Kier molecular flexibility index (Phi) is 2.15. The van der Waals surface area contributed by atoms with Gasteiger partial charge < -0.3 is 0 Å². The van der Waals surface area contributed by atoms with Gasteiger partial charge in [-0.15, -0.1) is 0 Å². The molecule has 0 nitrogen and oxygen atoms in total. The predicted octanol–water partition coefficient (Wildman–Crippen LogP) is 1.69. The minimum absolute atomic E-state index is 0.654. The summed E-state index contributed by atoms with van der Waals surface area (Å²) in [7, 11) is 2.22. The standard InChI is InChI=1S/C9H13B/c1-7-5-3-4-6-9(7)8(2)10/h3-6,8H,10H2,1-2H3. The summed E-state index contributed by atoms with van der Waals surface area (Å²) in [5, 5.41) is 0. The first-order chi connectivity index (χ1) is 4.72. The summed E-state index contributed by atoms with van der Waals surface area (Å²) in [5.74, 6) is 0.654. The van der Waals surface area contributed by atoms with Crippen LogP contribution in [0.25, 0.3) is 0 Å². The first kappa shape index (κ1) is 7.39. The average molecular weight is 132 g/mol. The van der Waals surface area contributed by atoms with Crippen LogP contribution in [0.3, 0.4) is 0 Å². The van der Waals surface area contributed by atoms with Crippen molar-refractivity contribution in [2.75, 3.05) is 0 Å². The van der Waals surface area contributed by atoms with E-state index in [4.69, 9.17) is 0 Å². The first-order valence-corrected chi connectivity index (χ1v) is 3.77. The average Bonchev–Trinajstić information content (AvgIpc) is 1.88. The normalized spacial score (nSPS) is 13.0. The van der Waals surface area contributed by atoms with Crippen LogP contribution in [-0.4, -0.2) is 7.85 Å². The Morgan fingerprint density at radius 2 is 1.90 bits per heavy atom. The van der Waals surface area contributed by atoms with Gasteiger partial charge in [0.1, 0.15) is 7.85 Å². The van der Waals surface area contributed by atoms with Gasteiger partial charge in [0, 0.05) is 0 Å². The van der Waals surface area contributed by atoms with Crippen LogP contribution in [0.4, 0.5) is 0 Å². The SMILES string of the molecule is BC(C)c1ccccc1C. The molecule has 0 spiro atoms. The number of hydrogen-bond acceptors (Lipinski definition) is 0. The second-order valence-electron chi connectivity index (χ2n) is 3.01. The summed E-state index contributed by atoms with van der Waals surface area (Å²) in [6, 6.07) is 8.54. The van der Waals surface area contributed by atoms with Crippen molar-refractivity contribution in [1.29, 1.82) is 0 Å². The first-order valence-electron chi connectivity index (χ1n) is 3.77. The van der Waals surface area contributed by atoms with E-state index in [1.165, 1.54) is 11.1 Å². The van der Waals surface area contributed by atoms with Crippen LogP contribution in [0.15, 0.2) is 24.3 Å². The Bertz CT molecular complexity index is 216. The predicted molar refractivity (Wildman–Crippen MR) is 48.1 cm³/mol. The lowest BCUT2D eigenvalue weighted by Gasteiger charge is -2.07. The number of rotatable bonds is 1. The minimum atomic E-state index is 0.654. The molecule has 1 heteroatoms. The third-order valence-corrected chi connectivity index (χ3v) is 1.81. The van der Waals surface area contributed by atoms with Gasteiger partial charge in [0.2, 0.25) is 0 Å². The van der Waals surface area contributed by atoms with Crippen LogP contribution in [0, 0.1) is 6.92 Å². The molecule has 1 atom stereocenters. The molecule has 0 radical (unpaired) electrons. The van der Waals surface area contributed by atoms with E-state index >= 15 is 0 Å². The fourth-order valence-corrected chi connectivity index (χ4v) is 1.23. The fraction of sp³-hybridized carbons (Fsp3) is 0.333. The third kappa shape index (κ3) is 1.41. The number of aryl methyl sites for hydroxylation is 1. The lowest BCUT2D eigenvalue weighted by Crippen LogP contribution is -1.93. The summed E-state index contributed by atoms with van der Waals surface area (Å²) >= 11 is 0. The second-order valence-corrected chi connectivity index (χ2v) is 3.01. The van der Waals surface area contributed by atoms with Crippen molar-refractivity contribution in [1.82, 2.24) is 0 Å². The fourth-order valence-electron chi connectivity index (χ4n) is 1.23. The Hall–Kier alpha value is -0.715. The Morgan fingerprint density at radius 1 is 1.30 bits per heavy atom. The summed E-state index contributed by atoms with van der Waals surface area (Å²) < 4.78 is 0. The summed E-state index contributed by atoms with van der Waals surface area (Å²) in [5.41, 5.74) is 2.86. The summed E-state index contributed by atoms with van der Waals surface area (Å²) in [6.07, 6.45) is 0. The summed E-state index contributed by atoms with van der Waals surface area (Å²) in [4.78, 5) is 0. The molecule has 1 aromatic carbocycles. The largest absolute Gasteiger partial charge is 0.110 e. The lowest BCUT2D eigenvalue weighted by molar-refractivity contribution is 1.06. The van der Waals surface area contributed by atoms with E-state index in [1.807, 2.05) is 0 Å². The molecule has 0 aliphatic carbocycles. The highest BCUT2D eigenvalue weighted by Gasteiger charge is 1.99. The van der Waals surface area contributed by atoms with E-state index in [1.54, 1.807) is 0 Å². The summed E-state index contributed by atoms with van der Waals surface area (Å²) in [6.45, 7) is 4.39. The molecule has 10 heavy (non-hydrogen) atoms. The lowest BCUT2D eigenvalue weighted by atomic mass is 9.81. The molecular weight excluding hydrogens is 119 g/mol. The molecular formula is C9H13B. The molecule has 1 rings (SSSR count). The van der Waals surface area contributed by atoms with Crippen molar-refractivity contribution in [2.45, 2.75) is 19.7 Å². The topological polar surface area (TPSA) is 0 Å². The van der Waals surface area contributed by atoms with Crippen LogP contribution in [-0.2, 0) is 0 Å². The second kappa shape index (κ2) is 2.91. The maximum Gasteiger partial charge on any atom is 0.110 e. The van der Waals surface area contributed by atoms with Crippen LogP contribution >= 0.6 is 0 Å². The zero-order valence-corrected chi connectivity index (χ0v) is 6.89. The van der Waals surface area contributed by atoms with E-state index in [0.717, 1.165) is 0 Å². The highest BCUT2D eigenvalue weighted by Crippen LogP contribution is 2.14. The van der Waals surface area contributed by atoms with Gasteiger partial charge in [0.15, 0.2) is 0 Å². The van der Waals surface area contributed by atoms with Gasteiger partial charge in [-0.25, -0.2) is 0 Å². The van der Waals surface area contributed by atoms with Crippen molar-refractivity contribution < 1.29 is 0 Å². The minimum Gasteiger partial charge on any atom is -0.0658 e. The molecule has 0 bridgehead atoms. The van der Waals surface area contributed by atoms with Gasteiger partial charge >= 0.3 is 0 Å². The van der Waals surface area contributed by atoms with Gasteiger partial charge in [0.05, 0.1) is 0 Å². The van der Waals surface area contributed by atoms with Gasteiger partial charge in [0.25, 0.3) is 0 Å². The molecule has 0 fully saturated rings. The maximum absolute atomic E-state index is 2.22. The van der Waals surface area contributed by atoms with E-state index in [-0.39, 0.29) is 0 Å². The maximum atomic E-state index is 2.22. The molecule has 0 aliphatic rings. The number of hydrogen-bond donors (Lipinski definition) is 0. The molecule has 0 N–H and O–H groups in total. The van der Waals surface area contributed by atoms with E-state index in [9.17, 15) is 0 Å². The van der Waals surface area contributed by atoms with Crippen molar-refractivity contribution >= 4 is 7.85 Å². The van der Waals surface area contributed by atoms with Gasteiger partial charge in [-0.1, -0.05) is 36.8 Å². The molecule has 0 aliphatic heterocycles. The van der Waals surface area contributed by atoms with Crippen LogP contribution in [0.5, 0.6) is 0 Å². The molecule has 0 saturated carbocycles. The number of benzene rings is 1. The van der Waals surface area contributed by atoms with Gasteiger partial charge in [-0.05, 0) is 18.3 Å². The molecule has 0 amide bonds. The van der Waals surface area contributed by atoms with E-state index in [0.29, 0.717) is 5.82 Å². The van der Waals surface area contributed by atoms with Crippen LogP contribution < -0.4 is 0 Å². The van der Waals surface area contributed by atoms with Crippen LogP contribution in [0.2, 0.25) is 0 Å². The quantitative estimate of drug-likeness (QED) is 0.510. The molecule has 1 unspecified atom stereocenters. The Balaban J connectivity index is 3.03. The van der Waals surface area contributed by atoms with Crippen molar-refractivity contribution in [3.05, 3.63) is 35.4 Å². The molecule has 0 aromatic heterocycles. The van der Waals surface area contributed by atoms with Crippen molar-refractivity contribution in [3.8, 4) is 0 Å². The zero-order chi connectivity index (χ0) is 7.56. The third-order valence-electron chi connectivity index (χ3n) is 1.81. The van der Waals surface area contributed by atoms with Crippen LogP contribution in [0.1, 0.15) is 23.9 Å². The van der Waals surface area contributed by atoms with Crippen molar-refractivity contribution in [3.63, 3.8) is 0 Å². The van der Waals surface area contributed by atoms with Gasteiger partial charge in [-0.2, -0.15) is 0 Å².